The summed E-state index contributed by atoms with van der Waals surface area (Å²) in [4.78, 5) is 8.11. The van der Waals surface area contributed by atoms with Crippen LogP contribution in [0, 0.1) is 23.2 Å². The molecule has 76 valence electrons. The lowest BCUT2D eigenvalue weighted by Crippen LogP contribution is -2.22. The minimum atomic E-state index is 0.385. The van der Waals surface area contributed by atoms with Gasteiger partial charge in [0.1, 0.15) is 6.07 Å². The van der Waals surface area contributed by atoms with Crippen molar-refractivity contribution >= 4 is 5.82 Å². The van der Waals surface area contributed by atoms with Crippen LogP contribution in [0.15, 0.2) is 12.4 Å². The highest BCUT2D eigenvalue weighted by molar-refractivity contribution is 5.49. The smallest absolute Gasteiger partial charge is 0.182 e. The van der Waals surface area contributed by atoms with Gasteiger partial charge in [-0.2, -0.15) is 5.26 Å². The minimum absolute atomic E-state index is 0.385. The fourth-order valence-electron chi connectivity index (χ4n) is 2.32. The molecule has 0 spiro atoms. The van der Waals surface area contributed by atoms with Crippen molar-refractivity contribution in [2.45, 2.75) is 6.04 Å². The predicted octanol–water partition coefficient (Wildman–Crippen LogP) is -0.0220. The lowest BCUT2D eigenvalue weighted by molar-refractivity contribution is 0.695. The predicted molar refractivity (Wildman–Crippen MR) is 54.0 cm³/mol. The molecule has 1 saturated heterocycles. The molecular formula is C10H11N5. The van der Waals surface area contributed by atoms with Gasteiger partial charge in [-0.1, -0.05) is 0 Å². The fourth-order valence-corrected chi connectivity index (χ4v) is 2.32. The molecular weight excluding hydrogens is 190 g/mol. The van der Waals surface area contributed by atoms with E-state index >= 15 is 0 Å². The van der Waals surface area contributed by atoms with Crippen molar-refractivity contribution in [1.82, 2.24) is 15.3 Å². The number of piperidine rings is 1. The molecule has 1 saturated carbocycles. The molecule has 2 unspecified atom stereocenters. The molecule has 2 N–H and O–H groups in total. The lowest BCUT2D eigenvalue weighted by Gasteiger charge is -2.08. The van der Waals surface area contributed by atoms with Crippen LogP contribution in [0.3, 0.4) is 0 Å². The van der Waals surface area contributed by atoms with Crippen molar-refractivity contribution in [2.75, 3.05) is 18.4 Å². The van der Waals surface area contributed by atoms with E-state index < -0.39 is 0 Å². The summed E-state index contributed by atoms with van der Waals surface area (Å²) < 4.78 is 0. The Morgan fingerprint density at radius 1 is 1.33 bits per heavy atom. The Kier molecular flexibility index (Phi) is 1.82. The van der Waals surface area contributed by atoms with Gasteiger partial charge in [0.25, 0.3) is 0 Å². The van der Waals surface area contributed by atoms with E-state index in [4.69, 9.17) is 5.26 Å². The molecule has 1 aromatic heterocycles. The van der Waals surface area contributed by atoms with Gasteiger partial charge in [0.15, 0.2) is 11.5 Å². The largest absolute Gasteiger partial charge is 0.364 e. The van der Waals surface area contributed by atoms with Crippen molar-refractivity contribution in [3.63, 3.8) is 0 Å². The van der Waals surface area contributed by atoms with Gasteiger partial charge in [-0.3, -0.25) is 0 Å². The average Bonchev–Trinajstić information content (AvgIpc) is 2.75. The molecule has 0 radical (unpaired) electrons. The molecule has 1 aliphatic heterocycles. The van der Waals surface area contributed by atoms with Gasteiger partial charge in [-0.15, -0.1) is 0 Å². The molecule has 2 fully saturated rings. The normalized spacial score (nSPS) is 31.8. The first kappa shape index (κ1) is 8.62. The summed E-state index contributed by atoms with van der Waals surface area (Å²) in [5.74, 6) is 2.04. The Labute approximate surface area is 87.5 Å². The van der Waals surface area contributed by atoms with Gasteiger partial charge in [0, 0.05) is 31.5 Å². The van der Waals surface area contributed by atoms with E-state index in [1.807, 2.05) is 6.07 Å². The van der Waals surface area contributed by atoms with Gasteiger partial charge in [-0.25, -0.2) is 9.97 Å². The molecule has 0 amide bonds. The highest BCUT2D eigenvalue weighted by atomic mass is 15.1. The Morgan fingerprint density at radius 3 is 2.80 bits per heavy atom. The maximum absolute atomic E-state index is 8.85. The van der Waals surface area contributed by atoms with E-state index in [2.05, 4.69) is 20.6 Å². The van der Waals surface area contributed by atoms with E-state index in [0.29, 0.717) is 29.4 Å². The van der Waals surface area contributed by atoms with Crippen LogP contribution in [0.2, 0.25) is 0 Å². The summed E-state index contributed by atoms with van der Waals surface area (Å²) in [6.45, 7) is 2.15. The summed E-state index contributed by atoms with van der Waals surface area (Å²) in [5, 5.41) is 15.5. The van der Waals surface area contributed by atoms with Crippen molar-refractivity contribution < 1.29 is 0 Å². The standard InChI is InChI=1S/C10H11N5/c11-3-8-10(14-2-1-13-8)15-9-6-4-12-5-7(6)9/h1-2,6-7,9,12H,4-5H2,(H,14,15). The summed E-state index contributed by atoms with van der Waals surface area (Å²) in [6.07, 6.45) is 3.15. The zero-order valence-electron chi connectivity index (χ0n) is 8.14. The topological polar surface area (TPSA) is 73.6 Å². The highest BCUT2D eigenvalue weighted by Crippen LogP contribution is 2.43. The molecule has 15 heavy (non-hydrogen) atoms. The van der Waals surface area contributed by atoms with E-state index in [1.54, 1.807) is 12.4 Å². The van der Waals surface area contributed by atoms with Crippen LogP contribution >= 0.6 is 0 Å². The Balaban J connectivity index is 1.75. The van der Waals surface area contributed by atoms with Gasteiger partial charge < -0.3 is 10.6 Å². The average molecular weight is 201 g/mol. The quantitative estimate of drug-likeness (QED) is 0.703. The SMILES string of the molecule is N#Cc1nccnc1NC1C2CNCC21. The number of nitrogens with zero attached hydrogens (tertiary/aromatic N) is 3. The third-order valence-electron chi connectivity index (χ3n) is 3.20. The number of hydrogen-bond acceptors (Lipinski definition) is 5. The third kappa shape index (κ3) is 1.34. The van der Waals surface area contributed by atoms with Crippen LogP contribution in [0.4, 0.5) is 5.82 Å². The molecule has 2 aliphatic rings. The summed E-state index contributed by atoms with van der Waals surface area (Å²) in [6, 6.07) is 2.52. The molecule has 0 bridgehead atoms. The molecule has 2 atom stereocenters. The van der Waals surface area contributed by atoms with Crippen LogP contribution in [-0.2, 0) is 0 Å². The van der Waals surface area contributed by atoms with Gasteiger partial charge >= 0.3 is 0 Å². The second-order valence-electron chi connectivity index (χ2n) is 4.02. The van der Waals surface area contributed by atoms with Crippen LogP contribution in [0.25, 0.3) is 0 Å². The lowest BCUT2D eigenvalue weighted by atomic mass is 10.4. The van der Waals surface area contributed by atoms with Gasteiger partial charge in [-0.05, 0) is 11.8 Å². The third-order valence-corrected chi connectivity index (χ3v) is 3.20. The molecule has 2 heterocycles. The minimum Gasteiger partial charge on any atom is -0.364 e. The van der Waals surface area contributed by atoms with Crippen molar-refractivity contribution in [3.05, 3.63) is 18.1 Å². The number of fused-ring (bicyclic) bond motifs is 1. The first-order valence-corrected chi connectivity index (χ1v) is 5.08. The van der Waals surface area contributed by atoms with Crippen LogP contribution in [0.1, 0.15) is 5.69 Å². The maximum atomic E-state index is 8.85. The number of rotatable bonds is 2. The second-order valence-corrected chi connectivity index (χ2v) is 4.02. The van der Waals surface area contributed by atoms with Crippen LogP contribution < -0.4 is 10.6 Å². The zero-order valence-corrected chi connectivity index (χ0v) is 8.14. The summed E-state index contributed by atoms with van der Waals surface area (Å²) in [7, 11) is 0. The zero-order chi connectivity index (χ0) is 10.3. The first-order valence-electron chi connectivity index (χ1n) is 5.08. The van der Waals surface area contributed by atoms with Crippen LogP contribution in [-0.4, -0.2) is 29.1 Å². The van der Waals surface area contributed by atoms with E-state index in [9.17, 15) is 0 Å². The molecule has 3 rings (SSSR count). The molecule has 0 aromatic carbocycles. The summed E-state index contributed by atoms with van der Waals surface area (Å²) >= 11 is 0. The number of hydrogen-bond donors (Lipinski definition) is 2. The first-order chi connectivity index (χ1) is 7.40. The van der Waals surface area contributed by atoms with E-state index in [1.165, 1.54) is 0 Å². The Hall–Kier alpha value is -1.67. The number of aromatic nitrogens is 2. The Morgan fingerprint density at radius 2 is 2.07 bits per heavy atom. The van der Waals surface area contributed by atoms with Gasteiger partial charge in [0.2, 0.25) is 0 Å². The van der Waals surface area contributed by atoms with Crippen molar-refractivity contribution in [2.24, 2.45) is 11.8 Å². The van der Waals surface area contributed by atoms with E-state index in [0.717, 1.165) is 13.1 Å². The fraction of sp³-hybridized carbons (Fsp3) is 0.500. The van der Waals surface area contributed by atoms with Crippen molar-refractivity contribution in [3.8, 4) is 6.07 Å². The monoisotopic (exact) mass is 201 g/mol. The molecule has 5 heteroatoms. The number of nitrogens with one attached hydrogen (secondary N) is 2. The summed E-state index contributed by atoms with van der Waals surface area (Å²) in [5.41, 5.74) is 0.385. The molecule has 1 aromatic rings. The second kappa shape index (κ2) is 3.17. The Bertz CT molecular complexity index is 414. The highest BCUT2D eigenvalue weighted by Gasteiger charge is 2.53. The maximum Gasteiger partial charge on any atom is 0.182 e. The number of nitriles is 1. The van der Waals surface area contributed by atoms with Gasteiger partial charge in [0.05, 0.1) is 0 Å². The number of anilines is 1. The molecule has 5 nitrogen and oxygen atoms in total. The van der Waals surface area contributed by atoms with Crippen molar-refractivity contribution in [1.29, 1.82) is 5.26 Å². The van der Waals surface area contributed by atoms with Crippen LogP contribution in [0.5, 0.6) is 0 Å². The van der Waals surface area contributed by atoms with E-state index in [-0.39, 0.29) is 0 Å². The molecule has 1 aliphatic carbocycles.